The molecule has 2 heterocycles. The number of thiophene rings is 1. The summed E-state index contributed by atoms with van der Waals surface area (Å²) in [6.45, 7) is 0.759. The molecular weight excluding hydrogens is 388 g/mol. The number of hydrogen-bond acceptors (Lipinski definition) is 5. The summed E-state index contributed by atoms with van der Waals surface area (Å²) in [5.41, 5.74) is 1.83. The molecule has 3 unspecified atom stereocenters. The molecular formula is C23H24O3S2. The molecule has 28 heavy (non-hydrogen) atoms. The van der Waals surface area contributed by atoms with E-state index < -0.39 is 6.10 Å². The van der Waals surface area contributed by atoms with Gasteiger partial charge in [-0.15, -0.1) is 11.3 Å². The van der Waals surface area contributed by atoms with Gasteiger partial charge in [-0.25, -0.2) is 0 Å². The molecule has 146 valence electrons. The molecule has 1 aliphatic heterocycles. The molecule has 0 bridgehead atoms. The van der Waals surface area contributed by atoms with Gasteiger partial charge in [0.05, 0.1) is 10.8 Å². The van der Waals surface area contributed by atoms with E-state index in [0.29, 0.717) is 5.92 Å². The van der Waals surface area contributed by atoms with Gasteiger partial charge >= 0.3 is 0 Å². The van der Waals surface area contributed by atoms with Crippen molar-refractivity contribution in [2.45, 2.75) is 40.3 Å². The van der Waals surface area contributed by atoms with Crippen LogP contribution in [0.4, 0.5) is 0 Å². The van der Waals surface area contributed by atoms with Crippen LogP contribution < -0.4 is 0 Å². The van der Waals surface area contributed by atoms with Crippen LogP contribution in [0.5, 0.6) is 0 Å². The van der Waals surface area contributed by atoms with Gasteiger partial charge < -0.3 is 14.6 Å². The zero-order chi connectivity index (χ0) is 19.3. The lowest BCUT2D eigenvalue weighted by Gasteiger charge is -2.27. The van der Waals surface area contributed by atoms with E-state index in [-0.39, 0.29) is 6.29 Å². The van der Waals surface area contributed by atoms with Crippen molar-refractivity contribution in [3.63, 3.8) is 0 Å². The molecule has 1 fully saturated rings. The van der Waals surface area contributed by atoms with Crippen LogP contribution >= 0.6 is 23.1 Å². The first-order valence-corrected chi connectivity index (χ1v) is 11.1. The van der Waals surface area contributed by atoms with Crippen molar-refractivity contribution in [2.75, 3.05) is 13.7 Å². The average molecular weight is 413 g/mol. The Morgan fingerprint density at radius 2 is 1.79 bits per heavy atom. The molecule has 0 spiro atoms. The van der Waals surface area contributed by atoms with Crippen molar-refractivity contribution in [3.8, 4) is 0 Å². The Morgan fingerprint density at radius 3 is 2.54 bits per heavy atom. The third-order valence-corrected chi connectivity index (χ3v) is 7.43. The lowest BCUT2D eigenvalue weighted by molar-refractivity contribution is -0.150. The Hall–Kier alpha value is -1.63. The smallest absolute Gasteiger partial charge is 0.157 e. The lowest BCUT2D eigenvalue weighted by Crippen LogP contribution is -2.25. The van der Waals surface area contributed by atoms with Crippen LogP contribution in [0.3, 0.4) is 0 Å². The van der Waals surface area contributed by atoms with Gasteiger partial charge in [0.25, 0.3) is 0 Å². The highest BCUT2D eigenvalue weighted by Gasteiger charge is 2.24. The highest BCUT2D eigenvalue weighted by atomic mass is 32.2. The molecule has 3 aromatic rings. The Labute approximate surface area is 174 Å². The molecule has 0 aliphatic carbocycles. The molecule has 1 saturated heterocycles. The maximum atomic E-state index is 10.5. The van der Waals surface area contributed by atoms with Crippen LogP contribution in [0.15, 0.2) is 75.8 Å². The second kappa shape index (κ2) is 9.25. The van der Waals surface area contributed by atoms with E-state index >= 15 is 0 Å². The van der Waals surface area contributed by atoms with E-state index in [0.717, 1.165) is 30.6 Å². The summed E-state index contributed by atoms with van der Waals surface area (Å²) < 4.78 is 12.2. The van der Waals surface area contributed by atoms with E-state index in [9.17, 15) is 5.11 Å². The van der Waals surface area contributed by atoms with Crippen LogP contribution in [0, 0.1) is 0 Å². The minimum absolute atomic E-state index is 0.0828. The number of methoxy groups -OCH3 is 1. The average Bonchev–Trinajstić information content (AvgIpc) is 3.23. The zero-order valence-electron chi connectivity index (χ0n) is 15.8. The van der Waals surface area contributed by atoms with Gasteiger partial charge in [0.2, 0.25) is 0 Å². The van der Waals surface area contributed by atoms with Gasteiger partial charge in [-0.1, -0.05) is 54.2 Å². The summed E-state index contributed by atoms with van der Waals surface area (Å²) >= 11 is 3.63. The first kappa shape index (κ1) is 19.7. The molecule has 0 radical (unpaired) electrons. The molecule has 3 nitrogen and oxygen atoms in total. The monoisotopic (exact) mass is 412 g/mol. The van der Waals surface area contributed by atoms with E-state index in [4.69, 9.17) is 9.47 Å². The number of ether oxygens (including phenoxy) is 2. The largest absolute Gasteiger partial charge is 0.384 e. The fourth-order valence-electron chi connectivity index (χ4n) is 3.45. The summed E-state index contributed by atoms with van der Waals surface area (Å²) in [6.07, 6.45) is 1.31. The quantitative estimate of drug-likeness (QED) is 0.551. The van der Waals surface area contributed by atoms with Crippen LogP contribution in [-0.2, 0) is 9.47 Å². The highest BCUT2D eigenvalue weighted by molar-refractivity contribution is 8.01. The standard InChI is InChI=1S/C23H24O3S2/c1-25-21-15-18(13-14-26-21)20-11-12-22(28-20)27-19-9-7-17(8-10-19)23(24)16-5-3-2-4-6-16/h2-12,18,21,23-24H,13-15H2,1H3. The van der Waals surface area contributed by atoms with Crippen LogP contribution in [0.1, 0.15) is 40.9 Å². The van der Waals surface area contributed by atoms with Crippen molar-refractivity contribution >= 4 is 23.1 Å². The number of aliphatic hydroxyl groups is 1. The number of benzene rings is 2. The van der Waals surface area contributed by atoms with Crippen molar-refractivity contribution in [2.24, 2.45) is 0 Å². The fourth-order valence-corrected chi connectivity index (χ4v) is 5.72. The minimum Gasteiger partial charge on any atom is -0.384 e. The molecule has 1 aromatic heterocycles. The summed E-state index contributed by atoms with van der Waals surface area (Å²) in [5, 5.41) is 10.5. The second-order valence-electron chi connectivity index (χ2n) is 6.90. The summed E-state index contributed by atoms with van der Waals surface area (Å²) in [6, 6.07) is 22.4. The van der Waals surface area contributed by atoms with Gasteiger partial charge in [0.15, 0.2) is 6.29 Å². The predicted molar refractivity (Wildman–Crippen MR) is 114 cm³/mol. The predicted octanol–water partition coefficient (Wildman–Crippen LogP) is 5.85. The van der Waals surface area contributed by atoms with Crippen molar-refractivity contribution < 1.29 is 14.6 Å². The molecule has 0 amide bonds. The SMILES string of the molecule is COC1CC(c2ccc(Sc3ccc(C(O)c4ccccc4)cc3)s2)CCO1. The van der Waals surface area contributed by atoms with Crippen molar-refractivity contribution in [3.05, 3.63) is 82.7 Å². The van der Waals surface area contributed by atoms with Gasteiger partial charge in [0, 0.05) is 29.2 Å². The van der Waals surface area contributed by atoms with Crippen LogP contribution in [0.2, 0.25) is 0 Å². The van der Waals surface area contributed by atoms with E-state index in [2.05, 4.69) is 24.3 Å². The maximum Gasteiger partial charge on any atom is 0.157 e. The number of hydrogen-bond donors (Lipinski definition) is 1. The highest BCUT2D eigenvalue weighted by Crippen LogP contribution is 2.40. The first-order chi connectivity index (χ1) is 13.7. The third kappa shape index (κ3) is 4.67. The van der Waals surface area contributed by atoms with Gasteiger partial charge in [0.1, 0.15) is 6.10 Å². The van der Waals surface area contributed by atoms with E-state index in [1.807, 2.05) is 53.8 Å². The Morgan fingerprint density at radius 1 is 1.04 bits per heavy atom. The number of aliphatic hydroxyl groups excluding tert-OH is 1. The topological polar surface area (TPSA) is 38.7 Å². The van der Waals surface area contributed by atoms with Crippen molar-refractivity contribution in [1.82, 2.24) is 0 Å². The fraction of sp³-hybridized carbons (Fsp3) is 0.304. The molecule has 4 rings (SSSR count). The van der Waals surface area contributed by atoms with Gasteiger partial charge in [-0.2, -0.15) is 0 Å². The summed E-state index contributed by atoms with van der Waals surface area (Å²) in [4.78, 5) is 2.59. The minimum atomic E-state index is -0.587. The molecule has 3 atom stereocenters. The van der Waals surface area contributed by atoms with E-state index in [1.165, 1.54) is 14.0 Å². The van der Waals surface area contributed by atoms with E-state index in [1.54, 1.807) is 18.9 Å². The first-order valence-electron chi connectivity index (χ1n) is 9.48. The van der Waals surface area contributed by atoms with Gasteiger partial charge in [-0.3, -0.25) is 0 Å². The van der Waals surface area contributed by atoms with Crippen LogP contribution in [-0.4, -0.2) is 25.1 Å². The second-order valence-corrected chi connectivity index (χ2v) is 9.39. The van der Waals surface area contributed by atoms with Gasteiger partial charge in [-0.05, 0) is 41.8 Å². The number of rotatable bonds is 6. The third-order valence-electron chi connectivity index (χ3n) is 5.04. The zero-order valence-corrected chi connectivity index (χ0v) is 17.4. The Balaban J connectivity index is 1.40. The maximum absolute atomic E-state index is 10.5. The molecule has 2 aromatic carbocycles. The molecule has 0 saturated carbocycles. The lowest BCUT2D eigenvalue weighted by atomic mass is 9.98. The molecule has 1 N–H and O–H groups in total. The summed E-state index contributed by atoms with van der Waals surface area (Å²) in [7, 11) is 1.71. The van der Waals surface area contributed by atoms with Crippen LogP contribution in [0.25, 0.3) is 0 Å². The molecule has 1 aliphatic rings. The molecule has 5 heteroatoms. The summed E-state index contributed by atoms with van der Waals surface area (Å²) in [5.74, 6) is 0.515. The van der Waals surface area contributed by atoms with Crippen molar-refractivity contribution in [1.29, 1.82) is 0 Å². The Kier molecular flexibility index (Phi) is 6.50. The normalized spacial score (nSPS) is 20.8. The Bertz CT molecular complexity index is 876.